The Balaban J connectivity index is 1.94. The van der Waals surface area contributed by atoms with E-state index in [0.29, 0.717) is 16.7 Å². The number of benzene rings is 2. The highest BCUT2D eigenvalue weighted by atomic mass is 32.2. The van der Waals surface area contributed by atoms with Gasteiger partial charge in [-0.2, -0.15) is 0 Å². The largest absolute Gasteiger partial charge is 0.383 e. The molecule has 0 amide bonds. The molecule has 1 atom stereocenters. The lowest BCUT2D eigenvalue weighted by Gasteiger charge is -2.10. The Morgan fingerprint density at radius 2 is 1.87 bits per heavy atom. The Labute approximate surface area is 173 Å². The van der Waals surface area contributed by atoms with Crippen LogP contribution in [-0.2, 0) is 11.0 Å². The van der Waals surface area contributed by atoms with E-state index < -0.39 is 34.0 Å². The second-order valence-electron chi connectivity index (χ2n) is 6.18. The number of halogens is 3. The third kappa shape index (κ3) is 4.50. The number of hydrogen-bond acceptors (Lipinski definition) is 4. The number of nitrogens with zero attached hydrogens (tertiary/aromatic N) is 1. The third-order valence-electron chi connectivity index (χ3n) is 4.02. The highest BCUT2D eigenvalue weighted by Gasteiger charge is 2.16. The number of hydrogen-bond donors (Lipinski definition) is 3. The summed E-state index contributed by atoms with van der Waals surface area (Å²) < 4.78 is 57.7. The molecule has 0 aliphatic heterocycles. The lowest BCUT2D eigenvalue weighted by molar-refractivity contribution is 0.579. The summed E-state index contributed by atoms with van der Waals surface area (Å²) in [5.41, 5.74) is 6.02. The van der Waals surface area contributed by atoms with Crippen molar-refractivity contribution < 1.29 is 17.4 Å². The molecule has 1 unspecified atom stereocenters. The zero-order chi connectivity index (χ0) is 21.8. The molecule has 1 aromatic heterocycles. The molecule has 0 saturated heterocycles. The number of nitrogens with one attached hydrogen (secondary N) is 2. The van der Waals surface area contributed by atoms with Gasteiger partial charge in [-0.1, -0.05) is 17.9 Å². The van der Waals surface area contributed by atoms with E-state index in [0.717, 1.165) is 24.4 Å². The first-order valence-corrected chi connectivity index (χ1v) is 9.65. The number of aryl methyl sites for hydroxylation is 1. The fourth-order valence-corrected chi connectivity index (χ4v) is 3.47. The van der Waals surface area contributed by atoms with Crippen LogP contribution in [0.1, 0.15) is 22.3 Å². The van der Waals surface area contributed by atoms with Crippen LogP contribution >= 0.6 is 0 Å². The maximum atomic E-state index is 14.8. The Hall–Kier alpha value is -3.64. The van der Waals surface area contributed by atoms with Crippen molar-refractivity contribution >= 4 is 28.7 Å². The van der Waals surface area contributed by atoms with Gasteiger partial charge in [0.15, 0.2) is 16.8 Å². The highest BCUT2D eigenvalue weighted by Crippen LogP contribution is 2.23. The Bertz CT molecular complexity index is 1230. The number of anilines is 2. The predicted octanol–water partition coefficient (Wildman–Crippen LogP) is 3.92. The molecule has 0 saturated carbocycles. The van der Waals surface area contributed by atoms with Crippen LogP contribution in [-0.4, -0.2) is 15.4 Å². The van der Waals surface area contributed by atoms with Gasteiger partial charge in [-0.15, -0.1) is 0 Å². The first kappa shape index (κ1) is 21.1. The molecule has 5 nitrogen and oxygen atoms in total. The molecule has 0 aliphatic carbocycles. The zero-order valence-corrected chi connectivity index (χ0v) is 16.4. The molecular formula is C21H15F3N4OS. The van der Waals surface area contributed by atoms with Gasteiger partial charge in [0.2, 0.25) is 0 Å². The maximum absolute atomic E-state index is 14.8. The van der Waals surface area contributed by atoms with Gasteiger partial charge in [0.25, 0.3) is 0 Å². The molecule has 0 spiro atoms. The van der Waals surface area contributed by atoms with E-state index in [4.69, 9.17) is 11.1 Å². The molecule has 4 N–H and O–H groups in total. The first-order chi connectivity index (χ1) is 14.3. The average molecular weight is 428 g/mol. The minimum Gasteiger partial charge on any atom is -0.383 e. The number of rotatable bonds is 4. The Kier molecular flexibility index (Phi) is 6.18. The summed E-state index contributed by atoms with van der Waals surface area (Å²) in [5.74, 6) is 2.35. The summed E-state index contributed by atoms with van der Waals surface area (Å²) in [7, 11) is -2.11. The molecule has 0 aliphatic rings. The predicted molar refractivity (Wildman–Crippen MR) is 110 cm³/mol. The summed E-state index contributed by atoms with van der Waals surface area (Å²) in [6, 6.07) is 7.51. The van der Waals surface area contributed by atoms with Crippen LogP contribution in [0.5, 0.6) is 0 Å². The van der Waals surface area contributed by atoms with Crippen LogP contribution in [0.3, 0.4) is 0 Å². The van der Waals surface area contributed by atoms with E-state index in [-0.39, 0.29) is 16.4 Å². The number of nitrogens with two attached hydrogens (primary N) is 1. The van der Waals surface area contributed by atoms with E-state index in [9.17, 15) is 17.4 Å². The molecule has 30 heavy (non-hydrogen) atoms. The lowest BCUT2D eigenvalue weighted by atomic mass is 10.1. The molecule has 0 fully saturated rings. The summed E-state index contributed by atoms with van der Waals surface area (Å²) in [4.78, 5) is 3.71. The van der Waals surface area contributed by atoms with Crippen molar-refractivity contribution in [1.29, 1.82) is 5.41 Å². The summed E-state index contributed by atoms with van der Waals surface area (Å²) >= 11 is 0. The third-order valence-corrected chi connectivity index (χ3v) is 5.13. The lowest BCUT2D eigenvalue weighted by Crippen LogP contribution is -2.09. The van der Waals surface area contributed by atoms with E-state index >= 15 is 0 Å². The average Bonchev–Trinajstić information content (AvgIpc) is 2.72. The molecule has 0 radical (unpaired) electrons. The Morgan fingerprint density at radius 1 is 1.13 bits per heavy atom. The van der Waals surface area contributed by atoms with Crippen LogP contribution in [0.4, 0.5) is 24.7 Å². The summed E-state index contributed by atoms with van der Waals surface area (Å²) in [5, 5.41) is 7.26. The quantitative estimate of drug-likeness (QED) is 0.434. The van der Waals surface area contributed by atoms with Gasteiger partial charge in [-0.25, -0.2) is 22.4 Å². The SMILES string of the molecule is Cc1ccc(F)c(S(=O)Nc2ccc(F)c(C#Cc3cnc(N)c(C=N)c3)c2F)c1. The second-order valence-corrected chi connectivity index (χ2v) is 7.36. The van der Waals surface area contributed by atoms with Gasteiger partial charge in [0.1, 0.15) is 17.5 Å². The van der Waals surface area contributed by atoms with Gasteiger partial charge in [-0.3, -0.25) is 4.72 Å². The number of pyridine rings is 1. The molecule has 0 bridgehead atoms. The van der Waals surface area contributed by atoms with Crippen molar-refractivity contribution in [1.82, 2.24) is 4.98 Å². The van der Waals surface area contributed by atoms with Gasteiger partial charge in [0.05, 0.1) is 16.1 Å². The molecule has 2 aromatic carbocycles. The van der Waals surface area contributed by atoms with E-state index in [2.05, 4.69) is 21.5 Å². The zero-order valence-electron chi connectivity index (χ0n) is 15.6. The van der Waals surface area contributed by atoms with Crippen molar-refractivity contribution in [2.24, 2.45) is 0 Å². The minimum absolute atomic E-state index is 0.130. The van der Waals surface area contributed by atoms with E-state index in [1.54, 1.807) is 6.92 Å². The normalized spacial score (nSPS) is 11.3. The van der Waals surface area contributed by atoms with Crippen molar-refractivity contribution in [3.05, 3.63) is 82.3 Å². The van der Waals surface area contributed by atoms with Crippen molar-refractivity contribution in [3.8, 4) is 11.8 Å². The van der Waals surface area contributed by atoms with E-state index in [1.807, 2.05) is 0 Å². The van der Waals surface area contributed by atoms with Crippen molar-refractivity contribution in [2.75, 3.05) is 10.5 Å². The monoisotopic (exact) mass is 428 g/mol. The van der Waals surface area contributed by atoms with Gasteiger partial charge < -0.3 is 11.1 Å². The summed E-state index contributed by atoms with van der Waals surface area (Å²) in [6.07, 6.45) is 2.29. The second kappa shape index (κ2) is 8.80. The highest BCUT2D eigenvalue weighted by molar-refractivity contribution is 7.86. The van der Waals surface area contributed by atoms with Crippen LogP contribution in [0.25, 0.3) is 0 Å². The van der Waals surface area contributed by atoms with Crippen LogP contribution in [0.2, 0.25) is 0 Å². The van der Waals surface area contributed by atoms with Crippen molar-refractivity contribution in [2.45, 2.75) is 11.8 Å². The maximum Gasteiger partial charge on any atom is 0.165 e. The molecule has 3 aromatic rings. The molecule has 152 valence electrons. The Morgan fingerprint density at radius 3 is 2.60 bits per heavy atom. The van der Waals surface area contributed by atoms with Crippen molar-refractivity contribution in [3.63, 3.8) is 0 Å². The van der Waals surface area contributed by atoms with Gasteiger partial charge >= 0.3 is 0 Å². The topological polar surface area (TPSA) is 91.9 Å². The minimum atomic E-state index is -2.11. The molecular weight excluding hydrogens is 413 g/mol. The van der Waals surface area contributed by atoms with Gasteiger partial charge in [0, 0.05) is 23.5 Å². The summed E-state index contributed by atoms with van der Waals surface area (Å²) in [6.45, 7) is 1.70. The molecule has 3 rings (SSSR count). The van der Waals surface area contributed by atoms with Crippen LogP contribution in [0, 0.1) is 41.6 Å². The van der Waals surface area contributed by atoms with Gasteiger partial charge in [-0.05, 0) is 42.8 Å². The van der Waals surface area contributed by atoms with Crippen LogP contribution < -0.4 is 10.5 Å². The number of nitrogen functional groups attached to an aromatic ring is 1. The molecule has 1 heterocycles. The smallest absolute Gasteiger partial charge is 0.165 e. The van der Waals surface area contributed by atoms with E-state index in [1.165, 1.54) is 24.4 Å². The fourth-order valence-electron chi connectivity index (χ4n) is 2.46. The number of aromatic nitrogens is 1. The molecule has 9 heteroatoms. The van der Waals surface area contributed by atoms with Crippen LogP contribution in [0.15, 0.2) is 47.5 Å². The first-order valence-electron chi connectivity index (χ1n) is 8.50. The standard InChI is InChI=1S/C21H15F3N4OS/c1-12-2-5-17(23)19(8-12)30(29)28-18-7-6-16(22)15(20(18)24)4-3-13-9-14(10-25)21(26)27-11-13/h2,5-11,25,28H,1H3,(H2,26,27). The fraction of sp³-hybridized carbons (Fsp3) is 0.0476.